The molecule has 1 saturated heterocycles. The molecule has 1 unspecified atom stereocenters. The average Bonchev–Trinajstić information content (AvgIpc) is 3.21. The van der Waals surface area contributed by atoms with Crippen molar-refractivity contribution in [3.63, 3.8) is 0 Å². The molecule has 1 N–H and O–H groups in total. The Bertz CT molecular complexity index is 569. The summed E-state index contributed by atoms with van der Waals surface area (Å²) in [5, 5.41) is 2.88. The van der Waals surface area contributed by atoms with Crippen molar-refractivity contribution in [1.29, 1.82) is 0 Å². The molecule has 0 bridgehead atoms. The number of nitrogens with one attached hydrogen (secondary N) is 1. The Morgan fingerprint density at radius 3 is 2.70 bits per heavy atom. The van der Waals surface area contributed by atoms with E-state index in [2.05, 4.69) is 21.2 Å². The Hall–Kier alpha value is -1.36. The van der Waals surface area contributed by atoms with Crippen LogP contribution in [-0.2, 0) is 9.59 Å². The van der Waals surface area contributed by atoms with Gasteiger partial charge >= 0.3 is 0 Å². The van der Waals surface area contributed by atoms with Crippen LogP contribution in [-0.4, -0.2) is 24.4 Å². The summed E-state index contributed by atoms with van der Waals surface area (Å²) in [4.78, 5) is 26.3. The molecule has 2 amide bonds. The second-order valence-electron chi connectivity index (χ2n) is 5.55. The lowest BCUT2D eigenvalue weighted by Gasteiger charge is -2.25. The van der Waals surface area contributed by atoms with E-state index >= 15 is 0 Å². The minimum absolute atomic E-state index is 0.0208. The fraction of sp³-hybridized carbons (Fsp3) is 0.467. The van der Waals surface area contributed by atoms with Crippen LogP contribution >= 0.6 is 15.9 Å². The standard InChI is InChI=1S/C15H17BrN2O2/c1-9-8-11(16)4-5-12(9)18-7-6-13(19)17-14(15(18)20)10-2-3-10/h4-5,8,10,14H,2-3,6-7H2,1H3,(H,17,19). The topological polar surface area (TPSA) is 49.4 Å². The third kappa shape index (κ3) is 2.59. The molecule has 2 aliphatic rings. The summed E-state index contributed by atoms with van der Waals surface area (Å²) in [5.74, 6) is 0.332. The quantitative estimate of drug-likeness (QED) is 0.901. The van der Waals surface area contributed by atoms with E-state index in [1.165, 1.54) is 0 Å². The molecule has 1 atom stereocenters. The van der Waals surface area contributed by atoms with Gasteiger partial charge in [-0.15, -0.1) is 0 Å². The van der Waals surface area contributed by atoms with Crippen LogP contribution in [0.15, 0.2) is 22.7 Å². The molecule has 2 fully saturated rings. The van der Waals surface area contributed by atoms with Crippen molar-refractivity contribution in [1.82, 2.24) is 5.32 Å². The molecule has 0 spiro atoms. The van der Waals surface area contributed by atoms with Gasteiger partial charge in [-0.3, -0.25) is 9.59 Å². The number of carbonyl (C=O) groups excluding carboxylic acids is 2. The van der Waals surface area contributed by atoms with Gasteiger partial charge in [0.05, 0.1) is 0 Å². The van der Waals surface area contributed by atoms with Crippen LogP contribution < -0.4 is 10.2 Å². The maximum Gasteiger partial charge on any atom is 0.249 e. The van der Waals surface area contributed by atoms with Gasteiger partial charge in [0.15, 0.2) is 0 Å². The number of aryl methyl sites for hydroxylation is 1. The van der Waals surface area contributed by atoms with E-state index in [9.17, 15) is 9.59 Å². The van der Waals surface area contributed by atoms with E-state index in [4.69, 9.17) is 0 Å². The van der Waals surface area contributed by atoms with E-state index in [0.717, 1.165) is 28.6 Å². The molecule has 1 saturated carbocycles. The maximum absolute atomic E-state index is 12.7. The molecule has 4 nitrogen and oxygen atoms in total. The van der Waals surface area contributed by atoms with Gasteiger partial charge in [0, 0.05) is 23.1 Å². The number of amides is 2. The minimum atomic E-state index is -0.340. The zero-order chi connectivity index (χ0) is 14.3. The predicted molar refractivity (Wildman–Crippen MR) is 80.5 cm³/mol. The van der Waals surface area contributed by atoms with Gasteiger partial charge in [0.25, 0.3) is 0 Å². The molecule has 5 heteroatoms. The van der Waals surface area contributed by atoms with Crippen LogP contribution in [0.5, 0.6) is 0 Å². The summed E-state index contributed by atoms with van der Waals surface area (Å²) in [6.45, 7) is 2.44. The third-order valence-electron chi connectivity index (χ3n) is 3.95. The monoisotopic (exact) mass is 336 g/mol. The summed E-state index contributed by atoms with van der Waals surface area (Å²) in [6, 6.07) is 5.53. The highest BCUT2D eigenvalue weighted by atomic mass is 79.9. The van der Waals surface area contributed by atoms with Gasteiger partial charge in [-0.05, 0) is 49.4 Å². The first-order chi connectivity index (χ1) is 9.56. The van der Waals surface area contributed by atoms with E-state index in [0.29, 0.717) is 18.9 Å². The number of nitrogens with zero attached hydrogens (tertiary/aromatic N) is 1. The Balaban J connectivity index is 1.93. The highest BCUT2D eigenvalue weighted by Gasteiger charge is 2.41. The molecule has 1 heterocycles. The van der Waals surface area contributed by atoms with Crippen LogP contribution in [0, 0.1) is 12.8 Å². The molecule has 0 radical (unpaired) electrons. The van der Waals surface area contributed by atoms with E-state index in [-0.39, 0.29) is 17.9 Å². The Morgan fingerprint density at radius 2 is 2.05 bits per heavy atom. The normalized spacial score (nSPS) is 23.5. The SMILES string of the molecule is Cc1cc(Br)ccc1N1CCC(=O)NC(C2CC2)C1=O. The van der Waals surface area contributed by atoms with Crippen molar-refractivity contribution in [2.75, 3.05) is 11.4 Å². The zero-order valence-corrected chi connectivity index (χ0v) is 12.9. The first-order valence-electron chi connectivity index (χ1n) is 6.93. The summed E-state index contributed by atoms with van der Waals surface area (Å²) >= 11 is 3.44. The molecule has 0 aromatic heterocycles. The van der Waals surface area contributed by atoms with E-state index in [1.807, 2.05) is 25.1 Å². The van der Waals surface area contributed by atoms with Gasteiger partial charge in [0.2, 0.25) is 11.8 Å². The molecular formula is C15H17BrN2O2. The smallest absolute Gasteiger partial charge is 0.249 e. The molecule has 1 aromatic carbocycles. The highest BCUT2D eigenvalue weighted by molar-refractivity contribution is 9.10. The Morgan fingerprint density at radius 1 is 1.30 bits per heavy atom. The van der Waals surface area contributed by atoms with Crippen molar-refractivity contribution < 1.29 is 9.59 Å². The van der Waals surface area contributed by atoms with Gasteiger partial charge in [-0.2, -0.15) is 0 Å². The number of rotatable bonds is 2. The van der Waals surface area contributed by atoms with Crippen LogP contribution in [0.4, 0.5) is 5.69 Å². The predicted octanol–water partition coefficient (Wildman–Crippen LogP) is 2.39. The second-order valence-corrected chi connectivity index (χ2v) is 6.47. The summed E-state index contributed by atoms with van der Waals surface area (Å²) in [7, 11) is 0. The number of halogens is 1. The molecule has 1 aromatic rings. The summed E-state index contributed by atoms with van der Waals surface area (Å²) in [5.41, 5.74) is 1.94. The molecule has 106 valence electrons. The van der Waals surface area contributed by atoms with Gasteiger partial charge in [-0.1, -0.05) is 15.9 Å². The maximum atomic E-state index is 12.7. The lowest BCUT2D eigenvalue weighted by Crippen LogP contribution is -2.46. The fourth-order valence-corrected chi connectivity index (χ4v) is 3.18. The van der Waals surface area contributed by atoms with Crippen molar-refractivity contribution in [2.24, 2.45) is 5.92 Å². The zero-order valence-electron chi connectivity index (χ0n) is 11.4. The number of hydrogen-bond donors (Lipinski definition) is 1. The van der Waals surface area contributed by atoms with Gasteiger partial charge in [0.1, 0.15) is 6.04 Å². The molecular weight excluding hydrogens is 320 g/mol. The molecule has 1 aliphatic heterocycles. The lowest BCUT2D eigenvalue weighted by molar-refractivity contribution is -0.126. The van der Waals surface area contributed by atoms with Crippen LogP contribution in [0.2, 0.25) is 0 Å². The number of hydrogen-bond acceptors (Lipinski definition) is 2. The van der Waals surface area contributed by atoms with Crippen molar-refractivity contribution in [3.05, 3.63) is 28.2 Å². The molecule has 1 aliphatic carbocycles. The van der Waals surface area contributed by atoms with Crippen LogP contribution in [0.25, 0.3) is 0 Å². The largest absolute Gasteiger partial charge is 0.344 e. The number of benzene rings is 1. The summed E-state index contributed by atoms with van der Waals surface area (Å²) in [6.07, 6.45) is 2.43. The van der Waals surface area contributed by atoms with Gasteiger partial charge in [-0.25, -0.2) is 0 Å². The minimum Gasteiger partial charge on any atom is -0.344 e. The van der Waals surface area contributed by atoms with Crippen LogP contribution in [0.1, 0.15) is 24.8 Å². The Labute approximate surface area is 126 Å². The Kier molecular flexibility index (Phi) is 3.54. The first-order valence-corrected chi connectivity index (χ1v) is 7.72. The average molecular weight is 337 g/mol. The van der Waals surface area contributed by atoms with Crippen molar-refractivity contribution in [2.45, 2.75) is 32.2 Å². The van der Waals surface area contributed by atoms with Gasteiger partial charge < -0.3 is 10.2 Å². The second kappa shape index (κ2) is 5.20. The van der Waals surface area contributed by atoms with E-state index in [1.54, 1.807) is 4.90 Å². The first kappa shape index (κ1) is 13.6. The lowest BCUT2D eigenvalue weighted by atomic mass is 10.1. The van der Waals surface area contributed by atoms with Crippen molar-refractivity contribution in [3.8, 4) is 0 Å². The van der Waals surface area contributed by atoms with Crippen LogP contribution in [0.3, 0.4) is 0 Å². The third-order valence-corrected chi connectivity index (χ3v) is 4.45. The number of anilines is 1. The fourth-order valence-electron chi connectivity index (χ4n) is 2.71. The molecule has 20 heavy (non-hydrogen) atoms. The highest BCUT2D eigenvalue weighted by Crippen LogP contribution is 2.35. The summed E-state index contributed by atoms with van der Waals surface area (Å²) < 4.78 is 0.994. The molecule has 3 rings (SSSR count). The van der Waals surface area contributed by atoms with E-state index < -0.39 is 0 Å². The number of carbonyl (C=O) groups is 2. The van der Waals surface area contributed by atoms with Crippen molar-refractivity contribution >= 4 is 33.4 Å².